The summed E-state index contributed by atoms with van der Waals surface area (Å²) >= 11 is 0. The van der Waals surface area contributed by atoms with Crippen LogP contribution in [0.3, 0.4) is 0 Å². The highest BCUT2D eigenvalue weighted by molar-refractivity contribution is 5.99. The van der Waals surface area contributed by atoms with Crippen molar-refractivity contribution in [2.24, 2.45) is 0 Å². The van der Waals surface area contributed by atoms with Gasteiger partial charge in [0.15, 0.2) is 0 Å². The number of benzene rings is 1. The number of amides is 1. The molecule has 1 amide bonds. The van der Waals surface area contributed by atoms with Crippen LogP contribution in [0.5, 0.6) is 5.75 Å². The number of carbonyl (C=O) groups is 1. The molecule has 76 valence electrons. The summed E-state index contributed by atoms with van der Waals surface area (Å²) in [5, 5.41) is 0. The Morgan fingerprint density at radius 2 is 2.07 bits per heavy atom. The molecule has 0 saturated carbocycles. The van der Waals surface area contributed by atoms with E-state index < -0.39 is 0 Å². The molecule has 1 rings (SSSR count). The number of rotatable bonds is 2. The van der Waals surface area contributed by atoms with Gasteiger partial charge in [-0.3, -0.25) is 4.79 Å². The van der Waals surface area contributed by atoms with Crippen molar-refractivity contribution in [2.45, 2.75) is 0 Å². The van der Waals surface area contributed by atoms with Crippen molar-refractivity contribution in [1.82, 2.24) is 4.90 Å². The normalized spacial score (nSPS) is 9.64. The molecule has 0 atom stereocenters. The van der Waals surface area contributed by atoms with Crippen molar-refractivity contribution < 1.29 is 9.53 Å². The van der Waals surface area contributed by atoms with Gasteiger partial charge in [0.05, 0.1) is 12.7 Å². The van der Waals surface area contributed by atoms with Crippen LogP contribution >= 0.6 is 0 Å². The molecule has 14 heavy (non-hydrogen) atoms. The average Bonchev–Trinajstić information content (AvgIpc) is 2.16. The predicted molar refractivity (Wildman–Crippen MR) is 55.4 cm³/mol. The second kappa shape index (κ2) is 4.00. The van der Waals surface area contributed by atoms with Gasteiger partial charge in [0, 0.05) is 25.8 Å². The maximum Gasteiger partial charge on any atom is 0.255 e. The summed E-state index contributed by atoms with van der Waals surface area (Å²) in [5.74, 6) is 0.544. The molecule has 0 aromatic heterocycles. The van der Waals surface area contributed by atoms with Gasteiger partial charge in [0.2, 0.25) is 0 Å². The van der Waals surface area contributed by atoms with Gasteiger partial charge in [-0.25, -0.2) is 0 Å². The van der Waals surface area contributed by atoms with Gasteiger partial charge in [0.1, 0.15) is 5.75 Å². The first-order valence-electron chi connectivity index (χ1n) is 4.21. The zero-order valence-corrected chi connectivity index (χ0v) is 8.57. The SMILES string of the molecule is COc1ccc(C(=O)N(C)C)c(N)c1. The highest BCUT2D eigenvalue weighted by Gasteiger charge is 2.11. The molecular formula is C10H14N2O2. The smallest absolute Gasteiger partial charge is 0.255 e. The number of nitrogens with zero attached hydrogens (tertiary/aromatic N) is 1. The van der Waals surface area contributed by atoms with E-state index in [9.17, 15) is 4.79 Å². The van der Waals surface area contributed by atoms with Gasteiger partial charge in [0.25, 0.3) is 5.91 Å². The zero-order valence-electron chi connectivity index (χ0n) is 8.57. The number of ether oxygens (including phenoxy) is 1. The standard InChI is InChI=1S/C10H14N2O2/c1-12(2)10(13)8-5-4-7(14-3)6-9(8)11/h4-6H,11H2,1-3H3. The minimum atomic E-state index is -0.106. The lowest BCUT2D eigenvalue weighted by molar-refractivity contribution is 0.0828. The molecule has 1 aromatic carbocycles. The highest BCUT2D eigenvalue weighted by Crippen LogP contribution is 2.20. The third kappa shape index (κ3) is 1.96. The number of nitrogens with two attached hydrogens (primary N) is 1. The molecular weight excluding hydrogens is 180 g/mol. The van der Waals surface area contributed by atoms with Crippen LogP contribution in [0, 0.1) is 0 Å². The van der Waals surface area contributed by atoms with Gasteiger partial charge >= 0.3 is 0 Å². The van der Waals surface area contributed by atoms with Crippen LogP contribution in [-0.2, 0) is 0 Å². The molecule has 2 N–H and O–H groups in total. The number of carbonyl (C=O) groups excluding carboxylic acids is 1. The molecule has 0 fully saturated rings. The summed E-state index contributed by atoms with van der Waals surface area (Å²) in [6.07, 6.45) is 0. The molecule has 0 unspecified atom stereocenters. The lowest BCUT2D eigenvalue weighted by Crippen LogP contribution is -2.22. The summed E-state index contributed by atoms with van der Waals surface area (Å²) < 4.78 is 4.99. The van der Waals surface area contributed by atoms with Crippen molar-refractivity contribution >= 4 is 11.6 Å². The Labute approximate surface area is 83.3 Å². The van der Waals surface area contributed by atoms with E-state index in [0.717, 1.165) is 0 Å². The van der Waals surface area contributed by atoms with Crippen molar-refractivity contribution in [3.05, 3.63) is 23.8 Å². The maximum atomic E-state index is 11.6. The van der Waals surface area contributed by atoms with Gasteiger partial charge in [-0.1, -0.05) is 0 Å². The summed E-state index contributed by atoms with van der Waals surface area (Å²) in [7, 11) is 4.93. The van der Waals surface area contributed by atoms with E-state index in [1.807, 2.05) is 0 Å². The van der Waals surface area contributed by atoms with Gasteiger partial charge in [-0.2, -0.15) is 0 Å². The Morgan fingerprint density at radius 3 is 2.50 bits per heavy atom. The molecule has 0 saturated heterocycles. The summed E-state index contributed by atoms with van der Waals surface area (Å²) in [5.41, 5.74) is 6.64. The van der Waals surface area contributed by atoms with Crippen LogP contribution in [0.2, 0.25) is 0 Å². The Bertz CT molecular complexity index is 348. The van der Waals surface area contributed by atoms with E-state index in [0.29, 0.717) is 17.0 Å². The molecule has 4 nitrogen and oxygen atoms in total. The van der Waals surface area contributed by atoms with Crippen LogP contribution in [-0.4, -0.2) is 32.0 Å². The van der Waals surface area contributed by atoms with Crippen LogP contribution in [0.1, 0.15) is 10.4 Å². The molecule has 0 aliphatic heterocycles. The molecule has 0 aliphatic rings. The number of nitrogen functional groups attached to an aromatic ring is 1. The second-order valence-corrected chi connectivity index (χ2v) is 3.15. The van der Waals surface area contributed by atoms with Crippen LogP contribution in [0.25, 0.3) is 0 Å². The zero-order chi connectivity index (χ0) is 10.7. The highest BCUT2D eigenvalue weighted by atomic mass is 16.5. The summed E-state index contributed by atoms with van der Waals surface area (Å²) in [4.78, 5) is 13.1. The minimum Gasteiger partial charge on any atom is -0.497 e. The van der Waals surface area contributed by atoms with Crippen LogP contribution < -0.4 is 10.5 Å². The minimum absolute atomic E-state index is 0.106. The fraction of sp³-hybridized carbons (Fsp3) is 0.300. The van der Waals surface area contributed by atoms with Crippen LogP contribution in [0.4, 0.5) is 5.69 Å². The fourth-order valence-corrected chi connectivity index (χ4v) is 1.10. The van der Waals surface area contributed by atoms with Crippen molar-refractivity contribution in [2.75, 3.05) is 26.9 Å². The van der Waals surface area contributed by atoms with E-state index in [4.69, 9.17) is 10.5 Å². The summed E-state index contributed by atoms with van der Waals surface area (Å²) in [6, 6.07) is 5.01. The monoisotopic (exact) mass is 194 g/mol. The van der Waals surface area contributed by atoms with Crippen LogP contribution in [0.15, 0.2) is 18.2 Å². The van der Waals surface area contributed by atoms with Crippen molar-refractivity contribution in [3.8, 4) is 5.75 Å². The number of methoxy groups -OCH3 is 1. The topological polar surface area (TPSA) is 55.6 Å². The van der Waals surface area contributed by atoms with E-state index in [1.54, 1.807) is 39.4 Å². The second-order valence-electron chi connectivity index (χ2n) is 3.15. The van der Waals surface area contributed by atoms with Crippen molar-refractivity contribution in [3.63, 3.8) is 0 Å². The fourth-order valence-electron chi connectivity index (χ4n) is 1.10. The number of hydrogen-bond donors (Lipinski definition) is 1. The molecule has 0 aliphatic carbocycles. The third-order valence-electron chi connectivity index (χ3n) is 1.90. The van der Waals surface area contributed by atoms with Gasteiger partial charge < -0.3 is 15.4 Å². The molecule has 4 heteroatoms. The van der Waals surface area contributed by atoms with E-state index in [2.05, 4.69) is 0 Å². The molecule has 0 heterocycles. The van der Waals surface area contributed by atoms with E-state index in [-0.39, 0.29) is 5.91 Å². The Balaban J connectivity index is 3.06. The van der Waals surface area contributed by atoms with Gasteiger partial charge in [-0.05, 0) is 12.1 Å². The first kappa shape index (κ1) is 10.4. The van der Waals surface area contributed by atoms with Crippen molar-refractivity contribution in [1.29, 1.82) is 0 Å². The lowest BCUT2D eigenvalue weighted by atomic mass is 10.1. The molecule has 0 radical (unpaired) electrons. The maximum absolute atomic E-state index is 11.6. The first-order valence-corrected chi connectivity index (χ1v) is 4.21. The lowest BCUT2D eigenvalue weighted by Gasteiger charge is -2.12. The predicted octanol–water partition coefficient (Wildman–Crippen LogP) is 0.979. The molecule has 0 spiro atoms. The Morgan fingerprint density at radius 1 is 1.43 bits per heavy atom. The number of hydrogen-bond acceptors (Lipinski definition) is 3. The Hall–Kier alpha value is -1.71. The molecule has 1 aromatic rings. The largest absolute Gasteiger partial charge is 0.497 e. The van der Waals surface area contributed by atoms with E-state index in [1.165, 1.54) is 4.90 Å². The Kier molecular flexibility index (Phi) is 2.96. The van der Waals surface area contributed by atoms with Gasteiger partial charge in [-0.15, -0.1) is 0 Å². The third-order valence-corrected chi connectivity index (χ3v) is 1.90. The van der Waals surface area contributed by atoms with E-state index >= 15 is 0 Å². The number of anilines is 1. The quantitative estimate of drug-likeness (QED) is 0.714. The molecule has 0 bridgehead atoms. The summed E-state index contributed by atoms with van der Waals surface area (Å²) in [6.45, 7) is 0. The average molecular weight is 194 g/mol. The first-order chi connectivity index (χ1) is 6.56.